The second-order valence-corrected chi connectivity index (χ2v) is 7.41. The second-order valence-electron chi connectivity index (χ2n) is 4.74. The summed E-state index contributed by atoms with van der Waals surface area (Å²) in [6, 6.07) is 0. The van der Waals surface area contributed by atoms with Gasteiger partial charge >= 0.3 is 0 Å². The summed E-state index contributed by atoms with van der Waals surface area (Å²) in [7, 11) is -3.49. The van der Waals surface area contributed by atoms with E-state index in [1.165, 1.54) is 11.3 Å². The van der Waals surface area contributed by atoms with Crippen molar-refractivity contribution in [1.82, 2.24) is 4.72 Å². The molecule has 0 bridgehead atoms. The van der Waals surface area contributed by atoms with Gasteiger partial charge in [0.15, 0.2) is 0 Å². The van der Waals surface area contributed by atoms with Gasteiger partial charge in [-0.1, -0.05) is 13.8 Å². The van der Waals surface area contributed by atoms with Crippen LogP contribution < -0.4 is 10.5 Å². The van der Waals surface area contributed by atoms with Crippen LogP contribution in [0, 0.1) is 12.8 Å². The fraction of sp³-hybridized carbons (Fsp3) is 0.667. The van der Waals surface area contributed by atoms with E-state index < -0.39 is 10.0 Å². The van der Waals surface area contributed by atoms with Gasteiger partial charge in [-0.2, -0.15) is 0 Å². The number of nitrogens with two attached hydrogens (primary N) is 1. The van der Waals surface area contributed by atoms with Gasteiger partial charge < -0.3 is 10.5 Å². The molecule has 19 heavy (non-hydrogen) atoms. The average Bonchev–Trinajstić information content (AvgIpc) is 2.70. The highest BCUT2D eigenvalue weighted by Gasteiger charge is 2.21. The Kier molecular flexibility index (Phi) is 6.41. The monoisotopic (exact) mass is 306 g/mol. The number of rotatable bonds is 8. The van der Waals surface area contributed by atoms with E-state index in [0.29, 0.717) is 28.9 Å². The van der Waals surface area contributed by atoms with Crippen molar-refractivity contribution in [2.75, 3.05) is 19.8 Å². The van der Waals surface area contributed by atoms with Gasteiger partial charge in [0.2, 0.25) is 10.0 Å². The predicted molar refractivity (Wildman–Crippen MR) is 77.8 cm³/mol. The first-order valence-corrected chi connectivity index (χ1v) is 8.59. The first kappa shape index (κ1) is 16.6. The van der Waals surface area contributed by atoms with Crippen molar-refractivity contribution in [1.29, 1.82) is 0 Å². The molecule has 0 radical (unpaired) electrons. The molecule has 0 saturated carbocycles. The summed E-state index contributed by atoms with van der Waals surface area (Å²) in [5.41, 5.74) is 6.30. The molecule has 3 N–H and O–H groups in total. The van der Waals surface area contributed by atoms with E-state index in [-0.39, 0.29) is 13.1 Å². The maximum absolute atomic E-state index is 12.2. The van der Waals surface area contributed by atoms with E-state index in [4.69, 9.17) is 10.5 Å². The van der Waals surface area contributed by atoms with Gasteiger partial charge in [0.25, 0.3) is 0 Å². The molecule has 0 amide bonds. The minimum Gasteiger partial charge on any atom is -0.380 e. The third-order valence-corrected chi connectivity index (χ3v) is 5.38. The molecule has 0 aromatic carbocycles. The number of thiophene rings is 1. The summed E-state index contributed by atoms with van der Waals surface area (Å²) in [5.74, 6) is 0.444. The normalized spacial score (nSPS) is 12.3. The minimum atomic E-state index is -3.49. The van der Waals surface area contributed by atoms with E-state index >= 15 is 0 Å². The Morgan fingerprint density at radius 3 is 2.74 bits per heavy atom. The number of hydrogen-bond acceptors (Lipinski definition) is 5. The Morgan fingerprint density at radius 2 is 2.16 bits per heavy atom. The molecule has 0 fully saturated rings. The number of nitrogens with one attached hydrogen (secondary N) is 1. The number of hydrogen-bond donors (Lipinski definition) is 2. The highest BCUT2D eigenvalue weighted by Crippen LogP contribution is 2.26. The van der Waals surface area contributed by atoms with Gasteiger partial charge in [0, 0.05) is 24.6 Å². The summed E-state index contributed by atoms with van der Waals surface area (Å²) in [6.45, 7) is 7.39. The van der Waals surface area contributed by atoms with Crippen molar-refractivity contribution in [3.05, 3.63) is 15.8 Å². The second kappa shape index (κ2) is 7.35. The maximum atomic E-state index is 12.2. The summed E-state index contributed by atoms with van der Waals surface area (Å²) < 4.78 is 32.2. The zero-order valence-electron chi connectivity index (χ0n) is 11.6. The quantitative estimate of drug-likeness (QED) is 0.713. The van der Waals surface area contributed by atoms with Crippen molar-refractivity contribution in [2.45, 2.75) is 32.2 Å². The van der Waals surface area contributed by atoms with Crippen molar-refractivity contribution in [3.8, 4) is 0 Å². The number of ether oxygens (including phenoxy) is 1. The molecule has 1 aromatic rings. The van der Waals surface area contributed by atoms with Crippen molar-refractivity contribution < 1.29 is 13.2 Å². The third-order valence-electron chi connectivity index (χ3n) is 2.43. The molecular formula is C12H22N2O3S2. The molecule has 1 rings (SSSR count). The topological polar surface area (TPSA) is 81.4 Å². The fourth-order valence-electron chi connectivity index (χ4n) is 1.63. The SMILES string of the molecule is Cc1csc(CN)c1S(=O)(=O)NCCOCC(C)C. The minimum absolute atomic E-state index is 0.235. The lowest BCUT2D eigenvalue weighted by Crippen LogP contribution is -2.29. The summed E-state index contributed by atoms with van der Waals surface area (Å²) in [6.07, 6.45) is 0. The van der Waals surface area contributed by atoms with Gasteiger partial charge in [-0.05, 0) is 23.8 Å². The Balaban J connectivity index is 2.59. The zero-order chi connectivity index (χ0) is 14.5. The summed E-state index contributed by atoms with van der Waals surface area (Å²) in [4.78, 5) is 1.01. The summed E-state index contributed by atoms with van der Waals surface area (Å²) in [5, 5.41) is 1.81. The average molecular weight is 306 g/mol. The molecule has 0 saturated heterocycles. The van der Waals surface area contributed by atoms with Crippen LogP contribution in [0.2, 0.25) is 0 Å². The van der Waals surface area contributed by atoms with E-state index in [1.54, 1.807) is 6.92 Å². The molecule has 0 spiro atoms. The highest BCUT2D eigenvalue weighted by atomic mass is 32.2. The van der Waals surface area contributed by atoms with Crippen LogP contribution in [0.1, 0.15) is 24.3 Å². The van der Waals surface area contributed by atoms with E-state index in [2.05, 4.69) is 4.72 Å². The van der Waals surface area contributed by atoms with Crippen molar-refractivity contribution in [2.24, 2.45) is 11.7 Å². The first-order valence-electron chi connectivity index (χ1n) is 6.23. The lowest BCUT2D eigenvalue weighted by Gasteiger charge is -2.10. The molecule has 0 aliphatic rings. The smallest absolute Gasteiger partial charge is 0.242 e. The zero-order valence-corrected chi connectivity index (χ0v) is 13.2. The van der Waals surface area contributed by atoms with E-state index in [1.807, 2.05) is 19.2 Å². The number of aryl methyl sites for hydroxylation is 1. The molecule has 110 valence electrons. The molecule has 0 aliphatic carbocycles. The molecule has 0 unspecified atom stereocenters. The van der Waals surface area contributed by atoms with Gasteiger partial charge in [0.05, 0.1) is 6.61 Å². The first-order chi connectivity index (χ1) is 8.88. The highest BCUT2D eigenvalue weighted by molar-refractivity contribution is 7.89. The van der Waals surface area contributed by atoms with Crippen LogP contribution in [0.15, 0.2) is 10.3 Å². The molecule has 5 nitrogen and oxygen atoms in total. The lowest BCUT2D eigenvalue weighted by atomic mass is 10.2. The van der Waals surface area contributed by atoms with Crippen LogP contribution in [-0.2, 0) is 21.3 Å². The van der Waals surface area contributed by atoms with Crippen LogP contribution in [0.4, 0.5) is 0 Å². The number of sulfonamides is 1. The Morgan fingerprint density at radius 1 is 1.47 bits per heavy atom. The Hall–Kier alpha value is -0.470. The molecule has 7 heteroatoms. The standard InChI is InChI=1S/C12H22N2O3S2/c1-9(2)7-17-5-4-14-19(15,16)12-10(3)8-18-11(12)6-13/h8-9,14H,4-7,13H2,1-3H3. The molecule has 0 atom stereocenters. The van der Waals surface area contributed by atoms with Crippen LogP contribution in [0.3, 0.4) is 0 Å². The largest absolute Gasteiger partial charge is 0.380 e. The molecular weight excluding hydrogens is 284 g/mol. The van der Waals surface area contributed by atoms with Gasteiger partial charge in [-0.25, -0.2) is 13.1 Å². The van der Waals surface area contributed by atoms with E-state index in [9.17, 15) is 8.42 Å². The van der Waals surface area contributed by atoms with Crippen LogP contribution in [0.5, 0.6) is 0 Å². The van der Waals surface area contributed by atoms with E-state index in [0.717, 1.165) is 5.56 Å². The predicted octanol–water partition coefficient (Wildman–Crippen LogP) is 1.47. The molecule has 0 aliphatic heterocycles. The van der Waals surface area contributed by atoms with Crippen molar-refractivity contribution >= 4 is 21.4 Å². The summed E-state index contributed by atoms with van der Waals surface area (Å²) >= 11 is 1.38. The van der Waals surface area contributed by atoms with Gasteiger partial charge in [-0.15, -0.1) is 11.3 Å². The van der Waals surface area contributed by atoms with Crippen LogP contribution >= 0.6 is 11.3 Å². The fourth-order valence-corrected chi connectivity index (χ4v) is 4.34. The molecule has 1 heterocycles. The molecule has 1 aromatic heterocycles. The van der Waals surface area contributed by atoms with Gasteiger partial charge in [-0.3, -0.25) is 0 Å². The maximum Gasteiger partial charge on any atom is 0.242 e. The van der Waals surface area contributed by atoms with Crippen molar-refractivity contribution in [3.63, 3.8) is 0 Å². The lowest BCUT2D eigenvalue weighted by molar-refractivity contribution is 0.114. The Labute approximate surface area is 119 Å². The van der Waals surface area contributed by atoms with Crippen LogP contribution in [0.25, 0.3) is 0 Å². The van der Waals surface area contributed by atoms with Crippen LogP contribution in [-0.4, -0.2) is 28.2 Å². The third kappa shape index (κ3) is 4.85. The Bertz CT molecular complexity index is 495. The van der Waals surface area contributed by atoms with Gasteiger partial charge in [0.1, 0.15) is 4.90 Å².